The molecule has 5 heteroatoms. The smallest absolute Gasteiger partial charge is 0.358 e. The van der Waals surface area contributed by atoms with E-state index in [9.17, 15) is 4.79 Å². The molecule has 0 spiro atoms. The molecule has 0 aliphatic carbocycles. The highest BCUT2D eigenvalue weighted by atomic mass is 35.6. The Bertz CT molecular complexity index is 150. The van der Waals surface area contributed by atoms with Crippen molar-refractivity contribution >= 4 is 40.8 Å². The van der Waals surface area contributed by atoms with Crippen LogP contribution in [-0.4, -0.2) is 16.4 Å². The molecular formula is C6H7Cl3O2. The number of hydrogen-bond donors (Lipinski definition) is 0. The Morgan fingerprint density at radius 2 is 2.09 bits per heavy atom. The summed E-state index contributed by atoms with van der Waals surface area (Å²) < 4.78 is 2.57. The van der Waals surface area contributed by atoms with Gasteiger partial charge in [-0.05, 0) is 6.42 Å². The zero-order chi connectivity index (χ0) is 8.91. The first-order valence-corrected chi connectivity index (χ1v) is 3.96. The van der Waals surface area contributed by atoms with Gasteiger partial charge in [0.15, 0.2) is 0 Å². The van der Waals surface area contributed by atoms with E-state index in [0.29, 0.717) is 6.42 Å². The molecular weight excluding hydrogens is 210 g/mol. The molecule has 0 aliphatic heterocycles. The Morgan fingerprint density at radius 3 is 2.45 bits per heavy atom. The molecule has 64 valence electrons. The quantitative estimate of drug-likeness (QED) is 0.314. The molecule has 0 N–H and O–H groups in total. The Balaban J connectivity index is 3.62. The second kappa shape index (κ2) is 4.86. The molecule has 0 bridgehead atoms. The van der Waals surface area contributed by atoms with Crippen LogP contribution in [0.2, 0.25) is 0 Å². The molecule has 0 saturated heterocycles. The summed E-state index contributed by atoms with van der Waals surface area (Å²) in [6.07, 6.45) is 2.15. The van der Waals surface area contributed by atoms with Crippen LogP contribution in [0.1, 0.15) is 6.42 Å². The molecule has 2 nitrogen and oxygen atoms in total. The second-order valence-electron chi connectivity index (χ2n) is 1.71. The van der Waals surface area contributed by atoms with E-state index in [4.69, 9.17) is 34.8 Å². The third-order valence-electron chi connectivity index (χ3n) is 0.787. The summed E-state index contributed by atoms with van der Waals surface area (Å²) in [4.78, 5) is 10.7. The molecule has 0 radical (unpaired) electrons. The van der Waals surface area contributed by atoms with Crippen molar-refractivity contribution in [2.24, 2.45) is 0 Å². The van der Waals surface area contributed by atoms with Gasteiger partial charge < -0.3 is 4.74 Å². The van der Waals surface area contributed by atoms with Crippen LogP contribution in [0.3, 0.4) is 0 Å². The zero-order valence-corrected chi connectivity index (χ0v) is 7.92. The van der Waals surface area contributed by atoms with E-state index in [1.54, 1.807) is 6.08 Å². The van der Waals surface area contributed by atoms with Crippen molar-refractivity contribution in [1.82, 2.24) is 0 Å². The maximum atomic E-state index is 10.7. The average Bonchev–Trinajstić information content (AvgIpc) is 1.86. The van der Waals surface area contributed by atoms with Crippen LogP contribution in [0, 0.1) is 0 Å². The van der Waals surface area contributed by atoms with E-state index >= 15 is 0 Å². The Kier molecular flexibility index (Phi) is 4.89. The lowest BCUT2D eigenvalue weighted by atomic mass is 10.5. The first-order chi connectivity index (χ1) is 4.98. The van der Waals surface area contributed by atoms with Crippen LogP contribution in [0.25, 0.3) is 0 Å². The topological polar surface area (TPSA) is 26.3 Å². The van der Waals surface area contributed by atoms with Gasteiger partial charge in [-0.25, -0.2) is 4.79 Å². The number of rotatable bonds is 3. The monoisotopic (exact) mass is 216 g/mol. The lowest BCUT2D eigenvalue weighted by Gasteiger charge is -2.08. The van der Waals surface area contributed by atoms with Crippen LogP contribution in [0.5, 0.6) is 0 Å². The van der Waals surface area contributed by atoms with Gasteiger partial charge in [-0.2, -0.15) is 0 Å². The minimum Gasteiger partial charge on any atom is -0.462 e. The number of esters is 1. The highest BCUT2D eigenvalue weighted by Gasteiger charge is 2.32. The lowest BCUT2D eigenvalue weighted by molar-refractivity contribution is -0.142. The van der Waals surface area contributed by atoms with E-state index in [-0.39, 0.29) is 6.61 Å². The lowest BCUT2D eigenvalue weighted by Crippen LogP contribution is -2.22. The van der Waals surface area contributed by atoms with Crippen LogP contribution in [0.15, 0.2) is 12.7 Å². The molecule has 0 aromatic carbocycles. The van der Waals surface area contributed by atoms with E-state index in [1.807, 2.05) is 0 Å². The highest BCUT2D eigenvalue weighted by Crippen LogP contribution is 2.27. The molecule has 0 unspecified atom stereocenters. The molecule has 0 saturated carbocycles. The van der Waals surface area contributed by atoms with Gasteiger partial charge in [0, 0.05) is 0 Å². The number of carbonyl (C=O) groups is 1. The first kappa shape index (κ1) is 11.1. The predicted octanol–water partition coefficient (Wildman–Crippen LogP) is 2.48. The third kappa shape index (κ3) is 5.36. The fourth-order valence-corrected chi connectivity index (χ4v) is 0.480. The van der Waals surface area contributed by atoms with Gasteiger partial charge in [0.1, 0.15) is 0 Å². The first-order valence-electron chi connectivity index (χ1n) is 2.83. The van der Waals surface area contributed by atoms with E-state index < -0.39 is 9.76 Å². The van der Waals surface area contributed by atoms with Crippen LogP contribution in [0.4, 0.5) is 0 Å². The largest absolute Gasteiger partial charge is 0.462 e. The van der Waals surface area contributed by atoms with Gasteiger partial charge in [0.2, 0.25) is 0 Å². The molecule has 0 aliphatic rings. The van der Waals surface area contributed by atoms with Crippen molar-refractivity contribution < 1.29 is 9.53 Å². The number of carbonyl (C=O) groups excluding carboxylic acids is 1. The van der Waals surface area contributed by atoms with Crippen molar-refractivity contribution in [3.05, 3.63) is 12.7 Å². The summed E-state index contributed by atoms with van der Waals surface area (Å²) in [5.74, 6) is -0.857. The summed E-state index contributed by atoms with van der Waals surface area (Å²) in [6.45, 7) is 3.62. The zero-order valence-electron chi connectivity index (χ0n) is 5.65. The fraction of sp³-hybridized carbons (Fsp3) is 0.500. The summed E-state index contributed by atoms with van der Waals surface area (Å²) in [7, 11) is 0. The summed E-state index contributed by atoms with van der Waals surface area (Å²) in [5, 5.41) is 0. The Morgan fingerprint density at radius 1 is 1.55 bits per heavy atom. The van der Waals surface area contributed by atoms with Crippen molar-refractivity contribution in [2.75, 3.05) is 6.61 Å². The average molecular weight is 217 g/mol. The molecule has 0 amide bonds. The fourth-order valence-electron chi connectivity index (χ4n) is 0.317. The SMILES string of the molecule is C=CCCOC(=O)C(Cl)(Cl)Cl. The van der Waals surface area contributed by atoms with Crippen LogP contribution in [-0.2, 0) is 9.53 Å². The Hall–Kier alpha value is 0.0800. The number of ether oxygens (including phenoxy) is 1. The van der Waals surface area contributed by atoms with Gasteiger partial charge in [0.25, 0.3) is 3.79 Å². The van der Waals surface area contributed by atoms with E-state index in [1.165, 1.54) is 0 Å². The molecule has 0 aromatic rings. The molecule has 0 rings (SSSR count). The standard InChI is InChI=1S/C6H7Cl3O2/c1-2-3-4-11-5(10)6(7,8)9/h2H,1,3-4H2. The number of halogens is 3. The van der Waals surface area contributed by atoms with Gasteiger partial charge >= 0.3 is 5.97 Å². The second-order valence-corrected chi connectivity index (χ2v) is 3.99. The minimum atomic E-state index is -1.97. The maximum Gasteiger partial charge on any atom is 0.358 e. The molecule has 0 atom stereocenters. The normalized spacial score (nSPS) is 10.8. The molecule has 11 heavy (non-hydrogen) atoms. The molecule has 0 fully saturated rings. The summed E-state index contributed by atoms with van der Waals surface area (Å²) in [6, 6.07) is 0. The molecule has 0 aromatic heterocycles. The van der Waals surface area contributed by atoms with E-state index in [2.05, 4.69) is 11.3 Å². The van der Waals surface area contributed by atoms with E-state index in [0.717, 1.165) is 0 Å². The number of alkyl halides is 3. The summed E-state index contributed by atoms with van der Waals surface area (Å²) in [5.41, 5.74) is 0. The van der Waals surface area contributed by atoms with Crippen molar-refractivity contribution in [1.29, 1.82) is 0 Å². The van der Waals surface area contributed by atoms with Crippen LogP contribution < -0.4 is 0 Å². The van der Waals surface area contributed by atoms with Crippen molar-refractivity contribution in [3.63, 3.8) is 0 Å². The van der Waals surface area contributed by atoms with Gasteiger partial charge in [-0.1, -0.05) is 40.9 Å². The minimum absolute atomic E-state index is 0.191. The summed E-state index contributed by atoms with van der Waals surface area (Å²) >= 11 is 15.6. The predicted molar refractivity (Wildman–Crippen MR) is 46.1 cm³/mol. The van der Waals surface area contributed by atoms with Crippen molar-refractivity contribution in [3.8, 4) is 0 Å². The van der Waals surface area contributed by atoms with Gasteiger partial charge in [0.05, 0.1) is 6.61 Å². The Labute approximate surface area is 80.1 Å². The number of hydrogen-bond acceptors (Lipinski definition) is 2. The highest BCUT2D eigenvalue weighted by molar-refractivity contribution is 6.75. The molecule has 0 heterocycles. The van der Waals surface area contributed by atoms with Crippen molar-refractivity contribution in [2.45, 2.75) is 10.2 Å². The van der Waals surface area contributed by atoms with Crippen LogP contribution >= 0.6 is 34.8 Å². The third-order valence-corrected chi connectivity index (χ3v) is 1.25. The maximum absolute atomic E-state index is 10.7. The van der Waals surface area contributed by atoms with Gasteiger partial charge in [-0.15, -0.1) is 6.58 Å². The van der Waals surface area contributed by atoms with Gasteiger partial charge in [-0.3, -0.25) is 0 Å².